The molecule has 0 fully saturated rings. The summed E-state index contributed by atoms with van der Waals surface area (Å²) in [6.45, 7) is 2.53. The Labute approximate surface area is 142 Å². The molecule has 2 aromatic rings. The molecule has 2 N–H and O–H groups in total. The zero-order chi connectivity index (χ0) is 16.4. The fourth-order valence-electron chi connectivity index (χ4n) is 2.48. The van der Waals surface area contributed by atoms with Gasteiger partial charge >= 0.3 is 0 Å². The first kappa shape index (κ1) is 16.1. The van der Waals surface area contributed by atoms with Crippen LogP contribution in [0.5, 0.6) is 0 Å². The molecule has 0 saturated heterocycles. The molecular formula is C16H17N3O2S2. The number of primary amides is 1. The van der Waals surface area contributed by atoms with Crippen molar-refractivity contribution in [2.75, 3.05) is 5.75 Å². The second kappa shape index (κ2) is 6.80. The largest absolute Gasteiger partial charge is 0.369 e. The second-order valence-electron chi connectivity index (χ2n) is 5.43. The molecule has 120 valence electrons. The third-order valence-electron chi connectivity index (χ3n) is 3.49. The summed E-state index contributed by atoms with van der Waals surface area (Å²) in [7, 11) is 0. The average Bonchev–Trinajstić information content (AvgIpc) is 2.90. The number of rotatable bonds is 5. The van der Waals surface area contributed by atoms with Gasteiger partial charge in [0, 0.05) is 11.7 Å². The van der Waals surface area contributed by atoms with Gasteiger partial charge in [-0.05, 0) is 5.56 Å². The number of thioether (sulfide) groups is 2. The molecule has 0 spiro atoms. The lowest BCUT2D eigenvalue weighted by molar-refractivity contribution is -0.115. The number of carbonyl (C=O) groups excluding carboxylic acids is 1. The summed E-state index contributed by atoms with van der Waals surface area (Å²) in [5, 5.41) is 0.915. The monoisotopic (exact) mass is 347 g/mol. The van der Waals surface area contributed by atoms with Crippen LogP contribution in [-0.2, 0) is 17.8 Å². The van der Waals surface area contributed by atoms with E-state index in [-0.39, 0.29) is 11.3 Å². The maximum Gasteiger partial charge on any atom is 0.268 e. The number of benzene rings is 1. The van der Waals surface area contributed by atoms with E-state index >= 15 is 0 Å². The molecule has 1 atom stereocenters. The topological polar surface area (TPSA) is 78.0 Å². The van der Waals surface area contributed by atoms with Crippen molar-refractivity contribution in [1.29, 1.82) is 0 Å². The lowest BCUT2D eigenvalue weighted by atomic mass is 10.2. The Kier molecular flexibility index (Phi) is 4.77. The number of hydrogen-bond donors (Lipinski definition) is 1. The Morgan fingerprint density at radius 3 is 2.87 bits per heavy atom. The van der Waals surface area contributed by atoms with Gasteiger partial charge in [-0.25, -0.2) is 4.98 Å². The van der Waals surface area contributed by atoms with Crippen LogP contribution in [-0.4, -0.2) is 26.5 Å². The van der Waals surface area contributed by atoms with Crippen LogP contribution < -0.4 is 11.3 Å². The van der Waals surface area contributed by atoms with Crippen LogP contribution in [0.15, 0.2) is 45.2 Å². The van der Waals surface area contributed by atoms with E-state index in [0.29, 0.717) is 17.0 Å². The van der Waals surface area contributed by atoms with Gasteiger partial charge in [-0.1, -0.05) is 49.0 Å². The van der Waals surface area contributed by atoms with E-state index in [4.69, 9.17) is 5.73 Å². The van der Waals surface area contributed by atoms with Crippen molar-refractivity contribution >= 4 is 29.4 Å². The van der Waals surface area contributed by atoms with Crippen molar-refractivity contribution in [3.63, 3.8) is 0 Å². The molecule has 2 heterocycles. The van der Waals surface area contributed by atoms with E-state index in [1.807, 2.05) is 30.3 Å². The van der Waals surface area contributed by atoms with Crippen LogP contribution in [0.3, 0.4) is 0 Å². The maximum atomic E-state index is 12.8. The summed E-state index contributed by atoms with van der Waals surface area (Å²) < 4.78 is 1.65. The van der Waals surface area contributed by atoms with Gasteiger partial charge in [-0.3, -0.25) is 14.2 Å². The van der Waals surface area contributed by atoms with E-state index in [1.165, 1.54) is 11.8 Å². The quantitative estimate of drug-likeness (QED) is 0.660. The van der Waals surface area contributed by atoms with Gasteiger partial charge in [0.05, 0.1) is 22.9 Å². The van der Waals surface area contributed by atoms with Crippen molar-refractivity contribution < 1.29 is 4.79 Å². The highest BCUT2D eigenvalue weighted by atomic mass is 32.2. The fourth-order valence-corrected chi connectivity index (χ4v) is 4.35. The Bertz CT molecular complexity index is 790. The van der Waals surface area contributed by atoms with Crippen LogP contribution in [0.1, 0.15) is 18.2 Å². The molecule has 0 saturated carbocycles. The number of nitrogens with two attached hydrogens (primary N) is 1. The van der Waals surface area contributed by atoms with Crippen molar-refractivity contribution in [2.45, 2.75) is 35.2 Å². The minimum absolute atomic E-state index is 0.0276. The summed E-state index contributed by atoms with van der Waals surface area (Å²) >= 11 is 2.80. The summed E-state index contributed by atoms with van der Waals surface area (Å²) in [5.74, 6) is -0.304. The maximum absolute atomic E-state index is 12.8. The minimum atomic E-state index is -0.418. The highest BCUT2D eigenvalue weighted by Gasteiger charge is 2.26. The van der Waals surface area contributed by atoms with Gasteiger partial charge < -0.3 is 5.73 Å². The number of amides is 1. The zero-order valence-corrected chi connectivity index (χ0v) is 14.3. The Morgan fingerprint density at radius 2 is 2.17 bits per heavy atom. The third-order valence-corrected chi connectivity index (χ3v) is 5.70. The molecule has 0 bridgehead atoms. The van der Waals surface area contributed by atoms with Crippen molar-refractivity contribution in [1.82, 2.24) is 9.55 Å². The molecular weight excluding hydrogens is 330 g/mol. The molecule has 1 unspecified atom stereocenters. The molecule has 3 rings (SSSR count). The fraction of sp³-hybridized carbons (Fsp3) is 0.312. The molecule has 1 aromatic carbocycles. The van der Waals surface area contributed by atoms with Gasteiger partial charge in [0.15, 0.2) is 5.16 Å². The highest BCUT2D eigenvalue weighted by molar-refractivity contribution is 8.00. The molecule has 1 aromatic heterocycles. The van der Waals surface area contributed by atoms with Crippen LogP contribution in [0.25, 0.3) is 0 Å². The summed E-state index contributed by atoms with van der Waals surface area (Å²) in [6.07, 6.45) is 0.783. The standard InChI is InChI=1S/C16H17N3O2S2/c1-10-7-12-14(23-10)15(21)19(8-11-5-3-2-4-6-11)16(18-12)22-9-13(17)20/h2-6,10H,7-9H2,1H3,(H2,17,20). The first-order valence-corrected chi connectivity index (χ1v) is 9.16. The lowest BCUT2D eigenvalue weighted by Crippen LogP contribution is -2.26. The lowest BCUT2D eigenvalue weighted by Gasteiger charge is -2.13. The van der Waals surface area contributed by atoms with E-state index < -0.39 is 5.91 Å². The van der Waals surface area contributed by atoms with Crippen molar-refractivity contribution in [3.05, 3.63) is 51.9 Å². The Balaban J connectivity index is 2.02. The zero-order valence-electron chi connectivity index (χ0n) is 12.7. The van der Waals surface area contributed by atoms with Crippen molar-refractivity contribution in [2.24, 2.45) is 5.73 Å². The van der Waals surface area contributed by atoms with Gasteiger partial charge in [0.2, 0.25) is 5.91 Å². The van der Waals surface area contributed by atoms with E-state index in [9.17, 15) is 9.59 Å². The molecule has 5 nitrogen and oxygen atoms in total. The first-order valence-electron chi connectivity index (χ1n) is 7.30. The number of aromatic nitrogens is 2. The average molecular weight is 347 g/mol. The number of hydrogen-bond acceptors (Lipinski definition) is 5. The molecule has 1 amide bonds. The molecule has 1 aliphatic rings. The Hall–Kier alpha value is -1.73. The minimum Gasteiger partial charge on any atom is -0.369 e. The predicted molar refractivity (Wildman–Crippen MR) is 93.0 cm³/mol. The van der Waals surface area contributed by atoms with Gasteiger partial charge in [0.25, 0.3) is 5.56 Å². The molecule has 0 radical (unpaired) electrons. The second-order valence-corrected chi connectivity index (χ2v) is 7.83. The van der Waals surface area contributed by atoms with E-state index in [0.717, 1.165) is 22.6 Å². The summed E-state index contributed by atoms with van der Waals surface area (Å²) in [4.78, 5) is 29.3. The van der Waals surface area contributed by atoms with Crippen LogP contribution in [0, 0.1) is 0 Å². The van der Waals surface area contributed by atoms with Gasteiger partial charge in [0.1, 0.15) is 0 Å². The molecule has 1 aliphatic heterocycles. The van der Waals surface area contributed by atoms with Gasteiger partial charge in [-0.15, -0.1) is 11.8 Å². The van der Waals surface area contributed by atoms with Crippen LogP contribution >= 0.6 is 23.5 Å². The predicted octanol–water partition coefficient (Wildman–Crippen LogP) is 1.91. The smallest absolute Gasteiger partial charge is 0.268 e. The summed E-state index contributed by atoms with van der Waals surface area (Å²) in [6, 6.07) is 9.76. The first-order chi connectivity index (χ1) is 11.0. The van der Waals surface area contributed by atoms with Gasteiger partial charge in [-0.2, -0.15) is 0 Å². The number of nitrogens with zero attached hydrogens (tertiary/aromatic N) is 2. The summed E-state index contributed by atoms with van der Waals surface area (Å²) in [5.41, 5.74) is 7.07. The molecule has 0 aliphatic carbocycles. The van der Waals surface area contributed by atoms with Crippen LogP contribution in [0.4, 0.5) is 0 Å². The van der Waals surface area contributed by atoms with E-state index in [1.54, 1.807) is 16.3 Å². The highest BCUT2D eigenvalue weighted by Crippen LogP contribution is 2.34. The number of fused-ring (bicyclic) bond motifs is 1. The Morgan fingerprint density at radius 1 is 1.43 bits per heavy atom. The van der Waals surface area contributed by atoms with E-state index in [2.05, 4.69) is 11.9 Å². The normalized spacial score (nSPS) is 16.3. The third kappa shape index (κ3) is 3.61. The SMILES string of the molecule is CC1Cc2nc(SCC(N)=O)n(Cc3ccccc3)c(=O)c2S1. The molecule has 23 heavy (non-hydrogen) atoms. The molecule has 7 heteroatoms. The number of carbonyl (C=O) groups is 1. The van der Waals surface area contributed by atoms with Crippen molar-refractivity contribution in [3.8, 4) is 0 Å². The van der Waals surface area contributed by atoms with Crippen LogP contribution in [0.2, 0.25) is 0 Å².